The van der Waals surface area contributed by atoms with E-state index in [-0.39, 0.29) is 24.1 Å². The Hall–Kier alpha value is -1.13. The molecule has 0 bridgehead atoms. The van der Waals surface area contributed by atoms with E-state index < -0.39 is 0 Å². The summed E-state index contributed by atoms with van der Waals surface area (Å²) in [6.07, 6.45) is 4.64. The van der Waals surface area contributed by atoms with Crippen LogP contribution in [0.25, 0.3) is 0 Å². The third-order valence-electron chi connectivity index (χ3n) is 4.91. The number of hydrogen-bond donors (Lipinski definition) is 1. The third kappa shape index (κ3) is 3.61. The van der Waals surface area contributed by atoms with E-state index in [1.165, 1.54) is 18.9 Å². The Balaban J connectivity index is 0.00000176. The van der Waals surface area contributed by atoms with E-state index in [0.717, 1.165) is 32.5 Å². The van der Waals surface area contributed by atoms with E-state index in [1.807, 2.05) is 4.90 Å². The lowest BCUT2D eigenvalue weighted by Gasteiger charge is -2.35. The molecule has 2 aliphatic heterocycles. The summed E-state index contributed by atoms with van der Waals surface area (Å²) in [6.45, 7) is 4.42. The second-order valence-electron chi connectivity index (χ2n) is 6.30. The first-order chi connectivity index (χ1) is 10.1. The second-order valence-corrected chi connectivity index (χ2v) is 6.30. The average Bonchev–Trinajstić information content (AvgIpc) is 3.04. The molecule has 122 valence electrons. The lowest BCUT2D eigenvalue weighted by Crippen LogP contribution is -2.43. The molecule has 0 spiro atoms. The molecule has 0 radical (unpaired) electrons. The Bertz CT molecular complexity index is 523. The van der Waals surface area contributed by atoms with E-state index in [9.17, 15) is 9.18 Å². The molecule has 0 aromatic heterocycles. The van der Waals surface area contributed by atoms with Crippen LogP contribution in [0.4, 0.5) is 4.39 Å². The number of benzene rings is 1. The zero-order valence-corrected chi connectivity index (χ0v) is 13.8. The van der Waals surface area contributed by atoms with E-state index >= 15 is 0 Å². The fourth-order valence-electron chi connectivity index (χ4n) is 3.53. The number of likely N-dealkylation sites (tertiary alicyclic amines) is 1. The first kappa shape index (κ1) is 17.2. The first-order valence-corrected chi connectivity index (χ1v) is 7.94. The minimum absolute atomic E-state index is 0. The van der Waals surface area contributed by atoms with Gasteiger partial charge in [-0.05, 0) is 62.8 Å². The first-order valence-electron chi connectivity index (χ1n) is 7.94. The van der Waals surface area contributed by atoms with Crippen LogP contribution >= 0.6 is 12.4 Å². The smallest absolute Gasteiger partial charge is 0.253 e. The van der Waals surface area contributed by atoms with Gasteiger partial charge in [-0.15, -0.1) is 12.4 Å². The standard InChI is InChI=1S/C17H23FN2O.ClH/c1-12-4-5-14(11-15(12)18)17(21)20-9-6-13(7-10-20)16-3-2-8-19-16;/h4-5,11,13,16,19H,2-3,6-10H2,1H3;1H. The van der Waals surface area contributed by atoms with Crippen molar-refractivity contribution in [3.05, 3.63) is 35.1 Å². The maximum Gasteiger partial charge on any atom is 0.253 e. The summed E-state index contributed by atoms with van der Waals surface area (Å²) in [4.78, 5) is 14.3. The van der Waals surface area contributed by atoms with Gasteiger partial charge in [0.1, 0.15) is 5.82 Å². The number of nitrogens with zero attached hydrogens (tertiary/aromatic N) is 1. The predicted octanol–water partition coefficient (Wildman–Crippen LogP) is 3.16. The summed E-state index contributed by atoms with van der Waals surface area (Å²) in [6, 6.07) is 5.41. The number of amides is 1. The van der Waals surface area contributed by atoms with Gasteiger partial charge in [0.05, 0.1) is 0 Å². The molecular weight excluding hydrogens is 303 g/mol. The minimum Gasteiger partial charge on any atom is -0.339 e. The van der Waals surface area contributed by atoms with Crippen molar-refractivity contribution in [1.29, 1.82) is 0 Å². The SMILES string of the molecule is Cc1ccc(C(=O)N2CCC(C3CCCN3)CC2)cc1F.Cl. The van der Waals surface area contributed by atoms with Crippen LogP contribution in [-0.2, 0) is 0 Å². The van der Waals surface area contributed by atoms with Crippen molar-refractivity contribution in [3.8, 4) is 0 Å². The molecule has 0 saturated carbocycles. The van der Waals surface area contributed by atoms with Gasteiger partial charge in [0.25, 0.3) is 5.91 Å². The number of hydrogen-bond acceptors (Lipinski definition) is 2. The Morgan fingerprint density at radius 2 is 2.00 bits per heavy atom. The molecule has 2 fully saturated rings. The van der Waals surface area contributed by atoms with Crippen molar-refractivity contribution < 1.29 is 9.18 Å². The fraction of sp³-hybridized carbons (Fsp3) is 0.588. The molecule has 3 nitrogen and oxygen atoms in total. The number of carbonyl (C=O) groups is 1. The maximum atomic E-state index is 13.6. The summed E-state index contributed by atoms with van der Waals surface area (Å²) in [5, 5.41) is 3.56. The highest BCUT2D eigenvalue weighted by molar-refractivity contribution is 5.94. The van der Waals surface area contributed by atoms with E-state index in [4.69, 9.17) is 0 Å². The molecule has 2 aliphatic rings. The number of carbonyl (C=O) groups excluding carboxylic acids is 1. The van der Waals surface area contributed by atoms with E-state index in [0.29, 0.717) is 23.1 Å². The van der Waals surface area contributed by atoms with Gasteiger partial charge in [-0.25, -0.2) is 4.39 Å². The molecule has 1 aromatic rings. The molecule has 5 heteroatoms. The summed E-state index contributed by atoms with van der Waals surface area (Å²) >= 11 is 0. The molecule has 1 N–H and O–H groups in total. The van der Waals surface area contributed by atoms with Crippen LogP contribution in [0, 0.1) is 18.7 Å². The molecule has 1 aromatic carbocycles. The molecule has 1 amide bonds. The second kappa shape index (κ2) is 7.42. The van der Waals surface area contributed by atoms with Crippen molar-refractivity contribution >= 4 is 18.3 Å². The number of aryl methyl sites for hydroxylation is 1. The van der Waals surface area contributed by atoms with Crippen LogP contribution in [0.15, 0.2) is 18.2 Å². The van der Waals surface area contributed by atoms with Gasteiger partial charge in [0, 0.05) is 24.7 Å². The quantitative estimate of drug-likeness (QED) is 0.905. The van der Waals surface area contributed by atoms with Gasteiger partial charge in [0.2, 0.25) is 0 Å². The molecule has 0 aliphatic carbocycles. The highest BCUT2D eigenvalue weighted by Crippen LogP contribution is 2.26. The summed E-state index contributed by atoms with van der Waals surface area (Å²) in [5.74, 6) is 0.351. The maximum absolute atomic E-state index is 13.6. The van der Waals surface area contributed by atoms with E-state index in [2.05, 4.69) is 5.32 Å². The molecule has 1 unspecified atom stereocenters. The Morgan fingerprint density at radius 1 is 1.27 bits per heavy atom. The van der Waals surface area contributed by atoms with Crippen LogP contribution in [0.1, 0.15) is 41.6 Å². The zero-order valence-electron chi connectivity index (χ0n) is 13.0. The number of nitrogens with one attached hydrogen (secondary N) is 1. The lowest BCUT2D eigenvalue weighted by molar-refractivity contribution is 0.0674. The Labute approximate surface area is 137 Å². The Kier molecular flexibility index (Phi) is 5.81. The summed E-state index contributed by atoms with van der Waals surface area (Å²) < 4.78 is 13.6. The van der Waals surface area contributed by atoms with Crippen molar-refractivity contribution in [1.82, 2.24) is 10.2 Å². The van der Waals surface area contributed by atoms with Crippen LogP contribution in [0.5, 0.6) is 0 Å². The van der Waals surface area contributed by atoms with Crippen molar-refractivity contribution in [2.45, 2.75) is 38.6 Å². The van der Waals surface area contributed by atoms with Gasteiger partial charge in [-0.1, -0.05) is 6.07 Å². The molecule has 3 rings (SSSR count). The predicted molar refractivity (Wildman–Crippen MR) is 88.0 cm³/mol. The van der Waals surface area contributed by atoms with Crippen LogP contribution < -0.4 is 5.32 Å². The van der Waals surface area contributed by atoms with Crippen molar-refractivity contribution in [3.63, 3.8) is 0 Å². The largest absolute Gasteiger partial charge is 0.339 e. The van der Waals surface area contributed by atoms with Gasteiger partial charge in [-0.3, -0.25) is 4.79 Å². The molecule has 1 atom stereocenters. The van der Waals surface area contributed by atoms with Crippen molar-refractivity contribution in [2.24, 2.45) is 5.92 Å². The molecule has 2 saturated heterocycles. The molecular formula is C17H24ClFN2O. The Morgan fingerprint density at radius 3 is 2.59 bits per heavy atom. The van der Waals surface area contributed by atoms with E-state index in [1.54, 1.807) is 19.1 Å². The zero-order chi connectivity index (χ0) is 14.8. The summed E-state index contributed by atoms with van der Waals surface area (Å²) in [7, 11) is 0. The van der Waals surface area contributed by atoms with Crippen LogP contribution in [0.3, 0.4) is 0 Å². The average molecular weight is 327 g/mol. The van der Waals surface area contributed by atoms with Crippen molar-refractivity contribution in [2.75, 3.05) is 19.6 Å². The fourth-order valence-corrected chi connectivity index (χ4v) is 3.53. The highest BCUT2D eigenvalue weighted by atomic mass is 35.5. The highest BCUT2D eigenvalue weighted by Gasteiger charge is 2.30. The molecule has 22 heavy (non-hydrogen) atoms. The summed E-state index contributed by atoms with van der Waals surface area (Å²) in [5.41, 5.74) is 1.05. The minimum atomic E-state index is -0.300. The third-order valence-corrected chi connectivity index (χ3v) is 4.91. The number of halogens is 2. The van der Waals surface area contributed by atoms with Crippen LogP contribution in [0.2, 0.25) is 0 Å². The number of piperidine rings is 1. The van der Waals surface area contributed by atoms with Gasteiger partial charge in [-0.2, -0.15) is 0 Å². The monoisotopic (exact) mass is 326 g/mol. The van der Waals surface area contributed by atoms with Gasteiger partial charge < -0.3 is 10.2 Å². The molecule has 2 heterocycles. The number of rotatable bonds is 2. The van der Waals surface area contributed by atoms with Gasteiger partial charge >= 0.3 is 0 Å². The van der Waals surface area contributed by atoms with Gasteiger partial charge in [0.15, 0.2) is 0 Å². The van der Waals surface area contributed by atoms with Crippen LogP contribution in [-0.4, -0.2) is 36.5 Å². The topological polar surface area (TPSA) is 32.3 Å². The lowest BCUT2D eigenvalue weighted by atomic mass is 9.88. The normalized spacial score (nSPS) is 22.5.